The van der Waals surface area contributed by atoms with E-state index in [1.165, 1.54) is 0 Å². The third-order valence-electron chi connectivity index (χ3n) is 5.36. The molecule has 2 aliphatic heterocycles. The Morgan fingerprint density at radius 1 is 1.12 bits per heavy atom. The average Bonchev–Trinajstić information content (AvgIpc) is 3.41. The summed E-state index contributed by atoms with van der Waals surface area (Å²) < 4.78 is 0. The number of aromatic nitrogens is 3. The summed E-state index contributed by atoms with van der Waals surface area (Å²) >= 11 is 0. The number of hydrogen-bond donors (Lipinski definition) is 1. The number of fused-ring (bicyclic) bond motifs is 3. The van der Waals surface area contributed by atoms with Crippen LogP contribution in [0.5, 0.6) is 0 Å². The molecule has 0 radical (unpaired) electrons. The van der Waals surface area contributed by atoms with Gasteiger partial charge in [-0.05, 0) is 30.7 Å². The number of likely N-dealkylation sites (tertiary alicyclic amines) is 1. The summed E-state index contributed by atoms with van der Waals surface area (Å²) in [6.07, 6.45) is 8.22. The van der Waals surface area contributed by atoms with Crippen LogP contribution in [-0.4, -0.2) is 50.8 Å². The highest BCUT2D eigenvalue weighted by Gasteiger charge is 2.42. The fourth-order valence-electron chi connectivity index (χ4n) is 4.11. The maximum atomic E-state index is 12.6. The minimum Gasteiger partial charge on any atom is -0.370 e. The molecular formula is C20H19N5O. The molecule has 4 heterocycles. The van der Waals surface area contributed by atoms with Gasteiger partial charge >= 0.3 is 0 Å². The van der Waals surface area contributed by atoms with Gasteiger partial charge in [0.25, 0.3) is 0 Å². The van der Waals surface area contributed by atoms with E-state index in [-0.39, 0.29) is 5.78 Å². The maximum Gasteiger partial charge on any atom is 0.189 e. The summed E-state index contributed by atoms with van der Waals surface area (Å²) in [6.45, 7) is 1.88. The molecule has 26 heavy (non-hydrogen) atoms. The van der Waals surface area contributed by atoms with Crippen LogP contribution in [0.15, 0.2) is 61.2 Å². The summed E-state index contributed by atoms with van der Waals surface area (Å²) in [6, 6.07) is 12.5. The Morgan fingerprint density at radius 2 is 2.08 bits per heavy atom. The van der Waals surface area contributed by atoms with Gasteiger partial charge in [0, 0.05) is 49.2 Å². The lowest BCUT2D eigenvalue weighted by atomic mass is 10.1. The van der Waals surface area contributed by atoms with Crippen molar-refractivity contribution in [3.8, 4) is 0 Å². The van der Waals surface area contributed by atoms with Gasteiger partial charge in [0.05, 0.1) is 17.4 Å². The van der Waals surface area contributed by atoms with Crippen molar-refractivity contribution in [1.82, 2.24) is 19.9 Å². The van der Waals surface area contributed by atoms with Crippen LogP contribution in [0.4, 0.5) is 5.82 Å². The molecule has 6 heteroatoms. The van der Waals surface area contributed by atoms with Gasteiger partial charge in [0.15, 0.2) is 5.78 Å². The van der Waals surface area contributed by atoms with Crippen LogP contribution < -0.4 is 4.90 Å². The number of hydrogen-bond acceptors (Lipinski definition) is 5. The molecule has 2 aromatic heterocycles. The Balaban J connectivity index is 1.30. The second-order valence-corrected chi connectivity index (χ2v) is 6.86. The van der Waals surface area contributed by atoms with E-state index in [0.29, 0.717) is 17.6 Å². The number of rotatable bonds is 4. The van der Waals surface area contributed by atoms with Crippen LogP contribution in [0.1, 0.15) is 16.8 Å². The van der Waals surface area contributed by atoms with Crippen molar-refractivity contribution in [2.75, 3.05) is 18.0 Å². The smallest absolute Gasteiger partial charge is 0.189 e. The van der Waals surface area contributed by atoms with Crippen LogP contribution in [0.25, 0.3) is 11.0 Å². The monoisotopic (exact) mass is 345 g/mol. The number of H-pyrrole nitrogens is 1. The van der Waals surface area contributed by atoms with Gasteiger partial charge in [-0.3, -0.25) is 4.79 Å². The van der Waals surface area contributed by atoms with E-state index in [4.69, 9.17) is 0 Å². The number of carbonyl (C=O) groups is 1. The van der Waals surface area contributed by atoms with Crippen molar-refractivity contribution in [3.05, 3.63) is 66.8 Å². The number of ketones is 1. The molecule has 1 aromatic carbocycles. The summed E-state index contributed by atoms with van der Waals surface area (Å²) in [5.74, 6) is 1.05. The zero-order valence-corrected chi connectivity index (χ0v) is 14.2. The first kappa shape index (κ1) is 15.1. The first-order valence-electron chi connectivity index (χ1n) is 8.87. The number of nitrogens with one attached hydrogen (secondary N) is 1. The molecule has 0 spiro atoms. The van der Waals surface area contributed by atoms with E-state index in [2.05, 4.69) is 30.8 Å². The van der Waals surface area contributed by atoms with E-state index < -0.39 is 0 Å². The van der Waals surface area contributed by atoms with Crippen LogP contribution in [0.3, 0.4) is 0 Å². The van der Waals surface area contributed by atoms with Gasteiger partial charge in [-0.1, -0.05) is 12.1 Å². The minimum atomic E-state index is 0.00389. The Bertz CT molecular complexity index is 980. The molecule has 0 unspecified atom stereocenters. The molecule has 0 amide bonds. The van der Waals surface area contributed by atoms with Crippen LogP contribution in [-0.2, 0) is 0 Å². The van der Waals surface area contributed by atoms with Crippen LogP contribution in [0.2, 0.25) is 0 Å². The number of nitrogens with zero attached hydrogens (tertiary/aromatic N) is 4. The standard InChI is InChI=1S/C20H19N5O/c26-18(16-4-3-5-17-20(16)23-13-22-17)7-9-24-11-15-10-14(24)12-25(15)19-6-1-2-8-21-19/h1-9,13-15H,10-12H2,(H,22,23)/b9-7+/t14-,15-/m1/s1. The second kappa shape index (κ2) is 5.98. The van der Waals surface area contributed by atoms with Gasteiger partial charge < -0.3 is 14.8 Å². The Kier molecular flexibility index (Phi) is 3.48. The molecule has 6 nitrogen and oxygen atoms in total. The number of imidazole rings is 1. The predicted octanol–water partition coefficient (Wildman–Crippen LogP) is 2.62. The highest BCUT2D eigenvalue weighted by molar-refractivity contribution is 6.11. The van der Waals surface area contributed by atoms with Crippen molar-refractivity contribution in [3.63, 3.8) is 0 Å². The topological polar surface area (TPSA) is 65.1 Å². The summed E-state index contributed by atoms with van der Waals surface area (Å²) in [7, 11) is 0. The van der Waals surface area contributed by atoms with Gasteiger partial charge in [-0.25, -0.2) is 9.97 Å². The Labute approximate surface area is 151 Å². The largest absolute Gasteiger partial charge is 0.370 e. The minimum absolute atomic E-state index is 0.00389. The third-order valence-corrected chi connectivity index (χ3v) is 5.36. The van der Waals surface area contributed by atoms with E-state index in [9.17, 15) is 4.79 Å². The Morgan fingerprint density at radius 3 is 2.88 bits per heavy atom. The fourth-order valence-corrected chi connectivity index (χ4v) is 4.11. The van der Waals surface area contributed by atoms with Crippen LogP contribution >= 0.6 is 0 Å². The lowest BCUT2D eigenvalue weighted by Gasteiger charge is -2.34. The SMILES string of the molecule is O=C(/C=C/N1C[C@H]2C[C@@H]1CN2c1ccccn1)c1cccc2nc[nH]c12. The molecular weight excluding hydrogens is 326 g/mol. The molecule has 130 valence electrons. The number of allylic oxidation sites excluding steroid dienone is 1. The second-order valence-electron chi connectivity index (χ2n) is 6.86. The summed E-state index contributed by atoms with van der Waals surface area (Å²) in [5.41, 5.74) is 2.28. The quantitative estimate of drug-likeness (QED) is 0.582. The number of aromatic amines is 1. The van der Waals surface area contributed by atoms with Gasteiger partial charge in [-0.2, -0.15) is 0 Å². The molecule has 5 rings (SSSR count). The maximum absolute atomic E-state index is 12.6. The number of anilines is 1. The van der Waals surface area contributed by atoms with E-state index in [1.54, 1.807) is 12.4 Å². The molecule has 0 saturated carbocycles. The number of benzene rings is 1. The van der Waals surface area contributed by atoms with Crippen molar-refractivity contribution >= 4 is 22.6 Å². The lowest BCUT2D eigenvalue weighted by molar-refractivity contribution is 0.104. The van der Waals surface area contributed by atoms with Crippen molar-refractivity contribution in [2.24, 2.45) is 0 Å². The summed E-state index contributed by atoms with van der Waals surface area (Å²) in [4.78, 5) is 29.0. The zero-order chi connectivity index (χ0) is 17.5. The van der Waals surface area contributed by atoms with Gasteiger partial charge in [-0.15, -0.1) is 0 Å². The normalized spacial score (nSPS) is 22.0. The molecule has 2 fully saturated rings. The van der Waals surface area contributed by atoms with Crippen molar-refractivity contribution in [2.45, 2.75) is 18.5 Å². The average molecular weight is 345 g/mol. The predicted molar refractivity (Wildman–Crippen MR) is 100 cm³/mol. The molecule has 1 N–H and O–H groups in total. The molecule has 0 aliphatic carbocycles. The van der Waals surface area contributed by atoms with E-state index in [1.807, 2.05) is 42.7 Å². The first-order valence-corrected chi connectivity index (χ1v) is 8.87. The van der Waals surface area contributed by atoms with Crippen molar-refractivity contribution < 1.29 is 4.79 Å². The van der Waals surface area contributed by atoms with Crippen LogP contribution in [0, 0.1) is 0 Å². The summed E-state index contributed by atoms with van der Waals surface area (Å²) in [5, 5.41) is 0. The molecule has 3 aromatic rings. The number of para-hydroxylation sites is 1. The molecule has 2 atom stereocenters. The van der Waals surface area contributed by atoms with Crippen molar-refractivity contribution in [1.29, 1.82) is 0 Å². The lowest BCUT2D eigenvalue weighted by Crippen LogP contribution is -2.44. The fraction of sp³-hybridized carbons (Fsp3) is 0.250. The van der Waals surface area contributed by atoms with E-state index >= 15 is 0 Å². The first-order chi connectivity index (χ1) is 12.8. The number of carbonyl (C=O) groups excluding carboxylic acids is 1. The highest BCUT2D eigenvalue weighted by Crippen LogP contribution is 2.33. The van der Waals surface area contributed by atoms with Gasteiger partial charge in [0.2, 0.25) is 0 Å². The number of piperazine rings is 1. The Hall–Kier alpha value is -3.15. The number of pyridine rings is 1. The van der Waals surface area contributed by atoms with E-state index in [0.717, 1.165) is 36.4 Å². The molecule has 2 aliphatic rings. The third kappa shape index (κ3) is 2.45. The molecule has 2 bridgehead atoms. The highest BCUT2D eigenvalue weighted by atomic mass is 16.1. The molecule has 2 saturated heterocycles. The van der Waals surface area contributed by atoms with Gasteiger partial charge in [0.1, 0.15) is 5.82 Å². The zero-order valence-electron chi connectivity index (χ0n) is 14.2.